The molecule has 8 heteroatoms. The van der Waals surface area contributed by atoms with E-state index in [1.54, 1.807) is 73.8 Å². The number of aliphatic hydroxyl groups excluding tert-OH is 1. The van der Waals surface area contributed by atoms with Crippen LogP contribution >= 0.6 is 0 Å². The van der Waals surface area contributed by atoms with E-state index in [0.29, 0.717) is 34.1 Å². The fraction of sp³-hybridized carbons (Fsp3) is 0.200. The predicted octanol–water partition coefficient (Wildman–Crippen LogP) is 3.43. The third kappa shape index (κ3) is 5.81. The number of hydrogen-bond acceptors (Lipinski definition) is 6. The Balaban J connectivity index is 1.70. The van der Waals surface area contributed by atoms with Gasteiger partial charge in [0.15, 0.2) is 0 Å². The summed E-state index contributed by atoms with van der Waals surface area (Å²) >= 11 is 0. The molecule has 0 saturated carbocycles. The van der Waals surface area contributed by atoms with Gasteiger partial charge >= 0.3 is 0 Å². The van der Waals surface area contributed by atoms with E-state index in [2.05, 4.69) is 10.6 Å². The summed E-state index contributed by atoms with van der Waals surface area (Å²) in [4.78, 5) is 25.5. The van der Waals surface area contributed by atoms with Crippen LogP contribution in [0.25, 0.3) is 0 Å². The maximum Gasteiger partial charge on any atom is 0.255 e. The molecule has 3 aromatic carbocycles. The van der Waals surface area contributed by atoms with Crippen molar-refractivity contribution in [3.63, 3.8) is 0 Å². The van der Waals surface area contributed by atoms with Gasteiger partial charge in [0.25, 0.3) is 11.8 Å². The van der Waals surface area contributed by atoms with Crippen molar-refractivity contribution in [3.8, 4) is 17.2 Å². The Kier molecular flexibility index (Phi) is 7.88. The largest absolute Gasteiger partial charge is 0.497 e. The lowest BCUT2D eigenvalue weighted by Crippen LogP contribution is -2.29. The van der Waals surface area contributed by atoms with E-state index in [0.717, 1.165) is 0 Å². The van der Waals surface area contributed by atoms with E-state index in [4.69, 9.17) is 14.2 Å². The number of carbonyl (C=O) groups excluding carboxylic acids is 2. The third-order valence-electron chi connectivity index (χ3n) is 5.02. The fourth-order valence-electron chi connectivity index (χ4n) is 3.22. The van der Waals surface area contributed by atoms with Crippen molar-refractivity contribution in [2.75, 3.05) is 33.2 Å². The fourth-order valence-corrected chi connectivity index (χ4v) is 3.22. The lowest BCUT2D eigenvalue weighted by Gasteiger charge is -2.17. The number of rotatable bonds is 9. The Morgan fingerprint density at radius 3 is 2.18 bits per heavy atom. The van der Waals surface area contributed by atoms with E-state index >= 15 is 0 Å². The molecule has 3 aromatic rings. The number of aliphatic hydroxyl groups is 1. The van der Waals surface area contributed by atoms with Crippen LogP contribution in [0.1, 0.15) is 32.4 Å². The third-order valence-corrected chi connectivity index (χ3v) is 5.02. The predicted molar refractivity (Wildman–Crippen MR) is 124 cm³/mol. The molecule has 1 unspecified atom stereocenters. The molecule has 0 aromatic heterocycles. The summed E-state index contributed by atoms with van der Waals surface area (Å²) in [5, 5.41) is 16.1. The van der Waals surface area contributed by atoms with Gasteiger partial charge in [-0.25, -0.2) is 0 Å². The number of para-hydroxylation sites is 1. The Hall–Kier alpha value is -4.04. The molecule has 33 heavy (non-hydrogen) atoms. The number of anilines is 1. The minimum Gasteiger partial charge on any atom is -0.497 e. The van der Waals surface area contributed by atoms with Crippen LogP contribution in [-0.2, 0) is 0 Å². The van der Waals surface area contributed by atoms with Crippen molar-refractivity contribution in [2.45, 2.75) is 6.10 Å². The van der Waals surface area contributed by atoms with E-state index in [1.165, 1.54) is 14.2 Å². The first-order valence-corrected chi connectivity index (χ1v) is 10.2. The molecular formula is C25H26N2O6. The Morgan fingerprint density at radius 1 is 0.848 bits per heavy atom. The zero-order valence-electron chi connectivity index (χ0n) is 18.6. The molecule has 8 nitrogen and oxygen atoms in total. The van der Waals surface area contributed by atoms with Gasteiger partial charge in [-0.15, -0.1) is 0 Å². The molecule has 0 aliphatic carbocycles. The number of benzene rings is 3. The van der Waals surface area contributed by atoms with Crippen LogP contribution in [0.3, 0.4) is 0 Å². The molecular weight excluding hydrogens is 424 g/mol. The van der Waals surface area contributed by atoms with Crippen LogP contribution in [0, 0.1) is 0 Å². The smallest absolute Gasteiger partial charge is 0.255 e. The molecule has 0 fully saturated rings. The molecule has 2 amide bonds. The second kappa shape index (κ2) is 11.0. The van der Waals surface area contributed by atoms with Crippen LogP contribution in [0.2, 0.25) is 0 Å². The van der Waals surface area contributed by atoms with Crippen LogP contribution in [0.15, 0.2) is 66.7 Å². The van der Waals surface area contributed by atoms with Crippen LogP contribution in [0.4, 0.5) is 5.69 Å². The summed E-state index contributed by atoms with van der Waals surface area (Å²) < 4.78 is 15.6. The quantitative estimate of drug-likeness (QED) is 0.461. The first-order valence-electron chi connectivity index (χ1n) is 10.2. The molecule has 0 aliphatic heterocycles. The Bertz CT molecular complexity index is 1110. The lowest BCUT2D eigenvalue weighted by atomic mass is 10.1. The van der Waals surface area contributed by atoms with E-state index < -0.39 is 12.0 Å². The SMILES string of the molecule is COc1ccc(C(=O)Nc2ccccc2C(=O)NCC(O)c2cc(OC)ccc2OC)cc1. The first kappa shape index (κ1) is 23.6. The highest BCUT2D eigenvalue weighted by Crippen LogP contribution is 2.29. The molecule has 0 saturated heterocycles. The summed E-state index contributed by atoms with van der Waals surface area (Å²) in [7, 11) is 4.57. The number of carbonyl (C=O) groups is 2. The molecule has 0 heterocycles. The molecule has 3 rings (SSSR count). The van der Waals surface area contributed by atoms with Crippen molar-refractivity contribution < 1.29 is 28.9 Å². The normalized spacial score (nSPS) is 11.3. The number of ether oxygens (including phenoxy) is 3. The second-order valence-corrected chi connectivity index (χ2v) is 7.06. The maximum absolute atomic E-state index is 12.8. The highest BCUT2D eigenvalue weighted by molar-refractivity contribution is 6.09. The topological polar surface area (TPSA) is 106 Å². The summed E-state index contributed by atoms with van der Waals surface area (Å²) in [5.74, 6) is 0.866. The minimum atomic E-state index is -1.03. The molecule has 0 radical (unpaired) electrons. The monoisotopic (exact) mass is 450 g/mol. The molecule has 3 N–H and O–H groups in total. The summed E-state index contributed by atoms with van der Waals surface area (Å²) in [6, 6.07) is 18.3. The first-order chi connectivity index (χ1) is 16.0. The van der Waals surface area contributed by atoms with Gasteiger partial charge in [0, 0.05) is 17.7 Å². The van der Waals surface area contributed by atoms with Crippen LogP contribution in [-0.4, -0.2) is 44.8 Å². The van der Waals surface area contributed by atoms with Crippen molar-refractivity contribution in [1.29, 1.82) is 0 Å². The summed E-state index contributed by atoms with van der Waals surface area (Å²) in [6.45, 7) is -0.0663. The van der Waals surface area contributed by atoms with Gasteiger partial charge in [0.2, 0.25) is 0 Å². The molecule has 0 aliphatic rings. The van der Waals surface area contributed by atoms with Gasteiger partial charge < -0.3 is 30.0 Å². The van der Waals surface area contributed by atoms with Crippen molar-refractivity contribution in [2.24, 2.45) is 0 Å². The molecule has 172 valence electrons. The van der Waals surface area contributed by atoms with E-state index in [1.807, 2.05) is 0 Å². The zero-order valence-corrected chi connectivity index (χ0v) is 18.6. The lowest BCUT2D eigenvalue weighted by molar-refractivity contribution is 0.0915. The van der Waals surface area contributed by atoms with Gasteiger partial charge in [-0.2, -0.15) is 0 Å². The van der Waals surface area contributed by atoms with Gasteiger partial charge in [0.1, 0.15) is 23.4 Å². The average Bonchev–Trinajstić information content (AvgIpc) is 2.86. The van der Waals surface area contributed by atoms with Crippen molar-refractivity contribution in [1.82, 2.24) is 5.32 Å². The van der Waals surface area contributed by atoms with Gasteiger partial charge in [0.05, 0.1) is 32.6 Å². The molecule has 1 atom stereocenters. The highest BCUT2D eigenvalue weighted by Gasteiger charge is 2.18. The zero-order chi connectivity index (χ0) is 23.8. The number of nitrogens with one attached hydrogen (secondary N) is 2. The summed E-state index contributed by atoms with van der Waals surface area (Å²) in [5.41, 5.74) is 1.53. The van der Waals surface area contributed by atoms with Crippen LogP contribution in [0.5, 0.6) is 17.2 Å². The van der Waals surface area contributed by atoms with E-state index in [9.17, 15) is 14.7 Å². The Labute approximate surface area is 192 Å². The van der Waals surface area contributed by atoms with Gasteiger partial charge in [-0.1, -0.05) is 12.1 Å². The second-order valence-electron chi connectivity index (χ2n) is 7.06. The van der Waals surface area contributed by atoms with Gasteiger partial charge in [-0.05, 0) is 54.6 Å². The van der Waals surface area contributed by atoms with E-state index in [-0.39, 0.29) is 18.0 Å². The molecule has 0 spiro atoms. The number of methoxy groups -OCH3 is 3. The number of hydrogen-bond donors (Lipinski definition) is 3. The van der Waals surface area contributed by atoms with Crippen molar-refractivity contribution in [3.05, 3.63) is 83.4 Å². The Morgan fingerprint density at radius 2 is 1.52 bits per heavy atom. The van der Waals surface area contributed by atoms with Crippen molar-refractivity contribution >= 4 is 17.5 Å². The highest BCUT2D eigenvalue weighted by atomic mass is 16.5. The van der Waals surface area contributed by atoms with Gasteiger partial charge in [-0.3, -0.25) is 9.59 Å². The van der Waals surface area contributed by atoms with Crippen LogP contribution < -0.4 is 24.8 Å². The summed E-state index contributed by atoms with van der Waals surface area (Å²) in [6.07, 6.45) is -1.03. The minimum absolute atomic E-state index is 0.0663. The average molecular weight is 450 g/mol. The molecule has 0 bridgehead atoms. The standard InChI is InChI=1S/C25H26N2O6/c1-31-17-10-8-16(9-11-17)24(29)27-21-7-5-4-6-19(21)25(30)26-15-22(28)20-14-18(32-2)12-13-23(20)33-3/h4-14,22,28H,15H2,1-3H3,(H,26,30)(H,27,29). The number of amides is 2. The maximum atomic E-state index is 12.8.